The van der Waals surface area contributed by atoms with E-state index in [1.165, 1.54) is 12.1 Å². The molecule has 0 spiro atoms. The van der Waals surface area contributed by atoms with E-state index in [4.69, 9.17) is 15.2 Å². The Bertz CT molecular complexity index is 402. The van der Waals surface area contributed by atoms with Gasteiger partial charge in [-0.2, -0.15) is 0 Å². The molecule has 1 aliphatic rings. The molecule has 0 amide bonds. The van der Waals surface area contributed by atoms with Gasteiger partial charge in [0.05, 0.1) is 12.2 Å². The van der Waals surface area contributed by atoms with Crippen LogP contribution < -0.4 is 5.73 Å². The smallest absolute Gasteiger partial charge is 0.123 e. The van der Waals surface area contributed by atoms with Gasteiger partial charge < -0.3 is 15.2 Å². The van der Waals surface area contributed by atoms with Crippen LogP contribution in [-0.4, -0.2) is 44.4 Å². The number of benzene rings is 1. The number of nitrogen functional groups attached to an aromatic ring is 1. The molecule has 0 aliphatic carbocycles. The lowest BCUT2D eigenvalue weighted by Crippen LogP contribution is -2.27. The summed E-state index contributed by atoms with van der Waals surface area (Å²) in [5, 5.41) is 0. The Balaban J connectivity index is 2.04. The second-order valence-electron chi connectivity index (χ2n) is 4.59. The van der Waals surface area contributed by atoms with E-state index in [0.717, 1.165) is 18.7 Å². The average molecular weight is 254 g/mol. The predicted molar refractivity (Wildman–Crippen MR) is 67.7 cm³/mol. The zero-order chi connectivity index (χ0) is 13.1. The number of rotatable bonds is 4. The van der Waals surface area contributed by atoms with Crippen LogP contribution >= 0.6 is 0 Å². The van der Waals surface area contributed by atoms with Crippen molar-refractivity contribution in [3.05, 3.63) is 29.6 Å². The van der Waals surface area contributed by atoms with Crippen LogP contribution in [0.1, 0.15) is 5.56 Å². The summed E-state index contributed by atoms with van der Waals surface area (Å²) in [6.07, 6.45) is 0.120. The van der Waals surface area contributed by atoms with Gasteiger partial charge in [0, 0.05) is 39.5 Å². The van der Waals surface area contributed by atoms with Gasteiger partial charge in [0.1, 0.15) is 5.82 Å². The third-order valence-corrected chi connectivity index (χ3v) is 3.40. The molecular weight excluding hydrogens is 235 g/mol. The summed E-state index contributed by atoms with van der Waals surface area (Å²) in [5.74, 6) is -0.259. The van der Waals surface area contributed by atoms with Crippen LogP contribution in [0, 0.1) is 5.82 Å². The van der Waals surface area contributed by atoms with Crippen LogP contribution in [0.2, 0.25) is 0 Å². The number of likely N-dealkylation sites (tertiary alicyclic amines) is 1. The number of nitrogens with two attached hydrogens (primary N) is 1. The molecule has 1 saturated heterocycles. The fourth-order valence-corrected chi connectivity index (χ4v) is 2.35. The molecule has 0 radical (unpaired) electrons. The van der Waals surface area contributed by atoms with E-state index < -0.39 is 0 Å². The number of hydrogen-bond acceptors (Lipinski definition) is 4. The van der Waals surface area contributed by atoms with E-state index >= 15 is 0 Å². The largest absolute Gasteiger partial charge is 0.398 e. The van der Waals surface area contributed by atoms with E-state index in [-0.39, 0.29) is 18.0 Å². The summed E-state index contributed by atoms with van der Waals surface area (Å²) < 4.78 is 23.9. The van der Waals surface area contributed by atoms with Crippen molar-refractivity contribution in [1.29, 1.82) is 0 Å². The number of methoxy groups -OCH3 is 2. The molecule has 100 valence electrons. The zero-order valence-corrected chi connectivity index (χ0v) is 10.7. The number of ether oxygens (including phenoxy) is 2. The highest BCUT2D eigenvalue weighted by Gasteiger charge is 2.32. The van der Waals surface area contributed by atoms with Crippen LogP contribution in [0.3, 0.4) is 0 Å². The van der Waals surface area contributed by atoms with E-state index in [2.05, 4.69) is 4.90 Å². The molecule has 0 aromatic heterocycles. The number of nitrogens with zero attached hydrogens (tertiary/aromatic N) is 1. The van der Waals surface area contributed by atoms with Crippen LogP contribution in [0.5, 0.6) is 0 Å². The first-order valence-electron chi connectivity index (χ1n) is 5.96. The van der Waals surface area contributed by atoms with Crippen molar-refractivity contribution in [3.63, 3.8) is 0 Å². The van der Waals surface area contributed by atoms with Crippen LogP contribution in [0.4, 0.5) is 10.1 Å². The maximum atomic E-state index is 13.2. The summed E-state index contributed by atoms with van der Waals surface area (Å²) in [4.78, 5) is 2.16. The lowest BCUT2D eigenvalue weighted by atomic mass is 10.1. The SMILES string of the molecule is COC1CN(Cc2cc(F)ccc2N)CC1OC. The molecule has 0 bridgehead atoms. The Morgan fingerprint density at radius 3 is 2.44 bits per heavy atom. The minimum Gasteiger partial charge on any atom is -0.398 e. The Morgan fingerprint density at radius 2 is 1.89 bits per heavy atom. The third-order valence-electron chi connectivity index (χ3n) is 3.40. The van der Waals surface area contributed by atoms with Gasteiger partial charge in [0.2, 0.25) is 0 Å². The van der Waals surface area contributed by atoms with Crippen molar-refractivity contribution in [2.24, 2.45) is 0 Å². The molecule has 1 heterocycles. The van der Waals surface area contributed by atoms with Crippen molar-refractivity contribution < 1.29 is 13.9 Å². The van der Waals surface area contributed by atoms with Crippen molar-refractivity contribution in [1.82, 2.24) is 4.90 Å². The molecule has 18 heavy (non-hydrogen) atoms. The second kappa shape index (κ2) is 5.65. The highest BCUT2D eigenvalue weighted by molar-refractivity contribution is 5.46. The van der Waals surface area contributed by atoms with Crippen LogP contribution in [0.25, 0.3) is 0 Å². The van der Waals surface area contributed by atoms with Gasteiger partial charge >= 0.3 is 0 Å². The van der Waals surface area contributed by atoms with Gasteiger partial charge in [0.15, 0.2) is 0 Å². The molecule has 4 nitrogen and oxygen atoms in total. The summed E-state index contributed by atoms with van der Waals surface area (Å²) in [6, 6.07) is 4.46. The molecular formula is C13H19FN2O2. The molecule has 1 fully saturated rings. The molecule has 5 heteroatoms. The zero-order valence-electron chi connectivity index (χ0n) is 10.7. The fraction of sp³-hybridized carbons (Fsp3) is 0.538. The molecule has 2 rings (SSSR count). The monoisotopic (exact) mass is 254 g/mol. The molecule has 1 aromatic carbocycles. The summed E-state index contributed by atoms with van der Waals surface area (Å²) in [5.41, 5.74) is 7.27. The number of hydrogen-bond donors (Lipinski definition) is 1. The van der Waals surface area contributed by atoms with E-state index in [1.54, 1.807) is 20.3 Å². The lowest BCUT2D eigenvalue weighted by Gasteiger charge is -2.16. The number of halogens is 1. The molecule has 2 N–H and O–H groups in total. The Labute approximate surface area is 106 Å². The first-order valence-corrected chi connectivity index (χ1v) is 5.96. The molecule has 1 aromatic rings. The fourth-order valence-electron chi connectivity index (χ4n) is 2.35. The molecule has 0 saturated carbocycles. The summed E-state index contributed by atoms with van der Waals surface area (Å²) in [6.45, 7) is 2.15. The van der Waals surface area contributed by atoms with Crippen molar-refractivity contribution in [2.45, 2.75) is 18.8 Å². The topological polar surface area (TPSA) is 47.7 Å². The summed E-state index contributed by atoms with van der Waals surface area (Å²) >= 11 is 0. The van der Waals surface area contributed by atoms with Crippen LogP contribution in [0.15, 0.2) is 18.2 Å². The van der Waals surface area contributed by atoms with Gasteiger partial charge in [-0.15, -0.1) is 0 Å². The van der Waals surface area contributed by atoms with Gasteiger partial charge in [-0.05, 0) is 23.8 Å². The first-order chi connectivity index (χ1) is 8.63. The highest BCUT2D eigenvalue weighted by atomic mass is 19.1. The highest BCUT2D eigenvalue weighted by Crippen LogP contribution is 2.21. The maximum absolute atomic E-state index is 13.2. The normalized spacial score (nSPS) is 24.6. The minimum atomic E-state index is -0.259. The van der Waals surface area contributed by atoms with Gasteiger partial charge in [-0.3, -0.25) is 4.90 Å². The van der Waals surface area contributed by atoms with Crippen LogP contribution in [-0.2, 0) is 16.0 Å². The standard InChI is InChI=1S/C13H19FN2O2/c1-17-12-7-16(8-13(12)18-2)6-9-5-10(14)3-4-11(9)15/h3-5,12-13H,6-8,15H2,1-2H3. The molecule has 2 unspecified atom stereocenters. The van der Waals surface area contributed by atoms with Crippen molar-refractivity contribution >= 4 is 5.69 Å². The second-order valence-corrected chi connectivity index (χ2v) is 4.59. The van der Waals surface area contributed by atoms with Gasteiger partial charge in [-0.1, -0.05) is 0 Å². The lowest BCUT2D eigenvalue weighted by molar-refractivity contribution is -0.00461. The first kappa shape index (κ1) is 13.3. The summed E-state index contributed by atoms with van der Waals surface area (Å²) in [7, 11) is 3.35. The Hall–Kier alpha value is -1.17. The van der Waals surface area contributed by atoms with Crippen molar-refractivity contribution in [2.75, 3.05) is 33.0 Å². The Kier molecular flexibility index (Phi) is 4.16. The van der Waals surface area contributed by atoms with E-state index in [1.807, 2.05) is 0 Å². The predicted octanol–water partition coefficient (Wildman–Crippen LogP) is 1.25. The third kappa shape index (κ3) is 2.80. The van der Waals surface area contributed by atoms with Gasteiger partial charge in [-0.25, -0.2) is 4.39 Å². The van der Waals surface area contributed by atoms with Crippen molar-refractivity contribution in [3.8, 4) is 0 Å². The van der Waals surface area contributed by atoms with E-state index in [9.17, 15) is 4.39 Å². The quantitative estimate of drug-likeness (QED) is 0.822. The number of anilines is 1. The molecule has 1 aliphatic heterocycles. The Morgan fingerprint density at radius 1 is 1.28 bits per heavy atom. The van der Waals surface area contributed by atoms with E-state index in [0.29, 0.717) is 12.2 Å². The molecule has 2 atom stereocenters. The minimum absolute atomic E-state index is 0.0600. The van der Waals surface area contributed by atoms with Gasteiger partial charge in [0.25, 0.3) is 0 Å². The maximum Gasteiger partial charge on any atom is 0.123 e. The average Bonchev–Trinajstić information content (AvgIpc) is 2.76.